The third-order valence-corrected chi connectivity index (χ3v) is 6.03. The Morgan fingerprint density at radius 1 is 1.02 bits per heavy atom. The number of amides is 2. The van der Waals surface area contributed by atoms with Crippen molar-refractivity contribution in [3.05, 3.63) is 87.7 Å². The number of carbonyl (C=O) groups excluding carboxylic acids is 2. The normalized spacial score (nSPS) is 10.8. The van der Waals surface area contributed by atoms with E-state index in [1.165, 1.54) is 37.6 Å². The van der Waals surface area contributed by atoms with E-state index < -0.39 is 17.6 Å². The van der Waals surface area contributed by atoms with Crippen LogP contribution in [0.1, 0.15) is 38.3 Å². The number of halogens is 2. The highest BCUT2D eigenvalue weighted by Gasteiger charge is 2.22. The Morgan fingerprint density at radius 2 is 1.73 bits per heavy atom. The molecule has 0 bridgehead atoms. The Hall–Kier alpha value is -4.39. The molecular weight excluding hydrogens is 533 g/mol. The van der Waals surface area contributed by atoms with Crippen molar-refractivity contribution in [3.63, 3.8) is 0 Å². The Balaban J connectivity index is 1.79. The van der Waals surface area contributed by atoms with Gasteiger partial charge in [0.1, 0.15) is 11.6 Å². The predicted molar refractivity (Wildman–Crippen MR) is 158 cm³/mol. The van der Waals surface area contributed by atoms with Crippen LogP contribution in [0.3, 0.4) is 0 Å². The lowest BCUT2D eigenvalue weighted by atomic mass is 10.1. The van der Waals surface area contributed by atoms with Crippen molar-refractivity contribution in [3.8, 4) is 18.1 Å². The van der Waals surface area contributed by atoms with Crippen LogP contribution in [0.4, 0.5) is 15.8 Å². The number of methoxy groups -OCH3 is 1. The fourth-order valence-corrected chi connectivity index (χ4v) is 3.92. The van der Waals surface area contributed by atoms with E-state index in [4.69, 9.17) is 22.8 Å². The molecule has 0 aliphatic carbocycles. The van der Waals surface area contributed by atoms with Crippen LogP contribution in [0.15, 0.2) is 59.7 Å². The second kappa shape index (κ2) is 14.1. The van der Waals surface area contributed by atoms with E-state index in [0.717, 1.165) is 19.5 Å². The second-order valence-electron chi connectivity index (χ2n) is 9.18. The summed E-state index contributed by atoms with van der Waals surface area (Å²) in [5.74, 6) is 0.559. The van der Waals surface area contributed by atoms with Crippen molar-refractivity contribution in [1.82, 2.24) is 9.91 Å². The third kappa shape index (κ3) is 8.30. The van der Waals surface area contributed by atoms with Gasteiger partial charge in [-0.1, -0.05) is 23.6 Å². The van der Waals surface area contributed by atoms with Gasteiger partial charge < -0.3 is 25.3 Å². The molecule has 0 aromatic heterocycles. The monoisotopic (exact) mass is 563 g/mol. The van der Waals surface area contributed by atoms with Gasteiger partial charge in [0.2, 0.25) is 0 Å². The molecule has 2 N–H and O–H groups in total. The van der Waals surface area contributed by atoms with Gasteiger partial charge in [-0.15, -0.1) is 6.42 Å². The van der Waals surface area contributed by atoms with Crippen molar-refractivity contribution in [2.45, 2.75) is 6.42 Å². The average Bonchev–Trinajstić information content (AvgIpc) is 2.92. The SMILES string of the molecule is C#Cc1ccc(NC(=O)c2cc(Cl)cc(OC)c2NC(=O)c2ccc(C=NN(C)CCCN(C)C)cc2F)cc1. The van der Waals surface area contributed by atoms with Crippen molar-refractivity contribution < 1.29 is 18.7 Å². The van der Waals surface area contributed by atoms with Gasteiger partial charge in [0.15, 0.2) is 0 Å². The first kappa shape index (κ1) is 30.2. The molecule has 0 atom stereocenters. The zero-order chi connectivity index (χ0) is 29.2. The zero-order valence-electron chi connectivity index (χ0n) is 22.8. The maximum atomic E-state index is 15.0. The second-order valence-corrected chi connectivity index (χ2v) is 9.62. The van der Waals surface area contributed by atoms with Crippen molar-refractivity contribution in [2.75, 3.05) is 52.0 Å². The molecule has 3 aromatic rings. The molecule has 0 aliphatic rings. The minimum atomic E-state index is -0.769. The van der Waals surface area contributed by atoms with Gasteiger partial charge in [-0.2, -0.15) is 5.10 Å². The maximum absolute atomic E-state index is 15.0. The smallest absolute Gasteiger partial charge is 0.258 e. The highest BCUT2D eigenvalue weighted by atomic mass is 35.5. The van der Waals surface area contributed by atoms with Crippen LogP contribution in [-0.2, 0) is 0 Å². The molecule has 40 heavy (non-hydrogen) atoms. The third-order valence-electron chi connectivity index (χ3n) is 5.81. The summed E-state index contributed by atoms with van der Waals surface area (Å²) in [4.78, 5) is 28.3. The number of anilines is 2. The van der Waals surface area contributed by atoms with E-state index in [0.29, 0.717) is 16.8 Å². The van der Waals surface area contributed by atoms with E-state index in [9.17, 15) is 14.0 Å². The molecule has 0 saturated heterocycles. The Bertz CT molecular complexity index is 1430. The Morgan fingerprint density at radius 3 is 2.35 bits per heavy atom. The first-order valence-corrected chi connectivity index (χ1v) is 12.8. The van der Waals surface area contributed by atoms with E-state index in [-0.39, 0.29) is 27.6 Å². The van der Waals surface area contributed by atoms with Crippen LogP contribution in [-0.4, -0.2) is 69.3 Å². The Kier molecular flexibility index (Phi) is 10.6. The number of nitrogens with zero attached hydrogens (tertiary/aromatic N) is 3. The number of ether oxygens (including phenoxy) is 1. The minimum absolute atomic E-state index is 0.0280. The van der Waals surface area contributed by atoms with Crippen LogP contribution in [0, 0.1) is 18.2 Å². The van der Waals surface area contributed by atoms with Gasteiger partial charge in [-0.3, -0.25) is 9.59 Å². The number of hydrazone groups is 1. The van der Waals surface area contributed by atoms with Crippen molar-refractivity contribution in [1.29, 1.82) is 0 Å². The fraction of sp³-hybridized carbons (Fsp3) is 0.233. The first-order chi connectivity index (χ1) is 19.1. The lowest BCUT2D eigenvalue weighted by Gasteiger charge is -2.16. The maximum Gasteiger partial charge on any atom is 0.258 e. The zero-order valence-corrected chi connectivity index (χ0v) is 23.6. The highest BCUT2D eigenvalue weighted by Crippen LogP contribution is 2.33. The summed E-state index contributed by atoms with van der Waals surface area (Å²) in [7, 11) is 7.21. The van der Waals surface area contributed by atoms with E-state index in [1.807, 2.05) is 21.1 Å². The van der Waals surface area contributed by atoms with Gasteiger partial charge in [-0.05, 0) is 75.1 Å². The van der Waals surface area contributed by atoms with Gasteiger partial charge in [0, 0.05) is 35.9 Å². The van der Waals surface area contributed by atoms with Gasteiger partial charge >= 0.3 is 0 Å². The minimum Gasteiger partial charge on any atom is -0.494 e. The van der Waals surface area contributed by atoms with E-state index in [1.54, 1.807) is 35.3 Å². The summed E-state index contributed by atoms with van der Waals surface area (Å²) in [5.41, 5.74) is 1.48. The summed E-state index contributed by atoms with van der Waals surface area (Å²) in [5, 5.41) is 11.6. The summed E-state index contributed by atoms with van der Waals surface area (Å²) in [6.45, 7) is 1.67. The molecule has 8 nitrogen and oxygen atoms in total. The molecular formula is C30H31ClFN5O3. The summed E-state index contributed by atoms with van der Waals surface area (Å²) >= 11 is 6.20. The molecule has 0 aliphatic heterocycles. The first-order valence-electron chi connectivity index (χ1n) is 12.4. The van der Waals surface area contributed by atoms with Crippen LogP contribution in [0.25, 0.3) is 0 Å². The van der Waals surface area contributed by atoms with Crippen LogP contribution < -0.4 is 15.4 Å². The molecule has 0 heterocycles. The van der Waals surface area contributed by atoms with Gasteiger partial charge in [0.05, 0.1) is 30.1 Å². The summed E-state index contributed by atoms with van der Waals surface area (Å²) in [6, 6.07) is 13.6. The lowest BCUT2D eigenvalue weighted by Crippen LogP contribution is -2.20. The molecule has 0 radical (unpaired) electrons. The molecule has 10 heteroatoms. The lowest BCUT2D eigenvalue weighted by molar-refractivity contribution is 0.102. The quantitative estimate of drug-likeness (QED) is 0.190. The van der Waals surface area contributed by atoms with Crippen molar-refractivity contribution >= 4 is 41.0 Å². The van der Waals surface area contributed by atoms with E-state index >= 15 is 0 Å². The number of hydrogen-bond donors (Lipinski definition) is 2. The number of carbonyl (C=O) groups is 2. The molecule has 0 unspecified atom stereocenters. The molecule has 2 amide bonds. The molecule has 0 fully saturated rings. The standard InChI is InChI=1S/C30H31ClFN5O3/c1-6-20-8-11-23(12-9-20)34-30(39)25-17-22(31)18-27(40-5)28(25)35-29(38)24-13-10-21(16-26(24)32)19-33-37(4)15-7-14-36(2)3/h1,8-13,16-19H,7,14-15H2,2-5H3,(H,34,39)(H,35,38). The molecule has 0 saturated carbocycles. The number of rotatable bonds is 11. The predicted octanol–water partition coefficient (Wildman–Crippen LogP) is 5.19. The van der Waals surface area contributed by atoms with Crippen LogP contribution >= 0.6 is 11.6 Å². The van der Waals surface area contributed by atoms with Crippen LogP contribution in [0.5, 0.6) is 5.75 Å². The largest absolute Gasteiger partial charge is 0.494 e. The van der Waals surface area contributed by atoms with E-state index in [2.05, 4.69) is 26.6 Å². The molecule has 208 valence electrons. The Labute approximate surface area is 238 Å². The highest BCUT2D eigenvalue weighted by molar-refractivity contribution is 6.31. The van der Waals surface area contributed by atoms with Gasteiger partial charge in [-0.25, -0.2) is 4.39 Å². The molecule has 3 aromatic carbocycles. The summed E-state index contributed by atoms with van der Waals surface area (Å²) in [6.07, 6.45) is 7.84. The average molecular weight is 564 g/mol. The van der Waals surface area contributed by atoms with Crippen LogP contribution in [0.2, 0.25) is 5.02 Å². The number of benzene rings is 3. The number of nitrogens with one attached hydrogen (secondary N) is 2. The number of terminal acetylenes is 1. The molecule has 0 spiro atoms. The molecule has 3 rings (SSSR count). The summed E-state index contributed by atoms with van der Waals surface area (Å²) < 4.78 is 20.3. The van der Waals surface area contributed by atoms with Gasteiger partial charge in [0.25, 0.3) is 11.8 Å². The number of hydrogen-bond acceptors (Lipinski definition) is 6. The fourth-order valence-electron chi connectivity index (χ4n) is 3.71. The van der Waals surface area contributed by atoms with Crippen molar-refractivity contribution in [2.24, 2.45) is 5.10 Å². The topological polar surface area (TPSA) is 86.3 Å².